The lowest BCUT2D eigenvalue weighted by Gasteiger charge is -2.37. The summed E-state index contributed by atoms with van der Waals surface area (Å²) in [6.07, 6.45) is -5.65. The molecule has 7 heteroatoms. The van der Waals surface area contributed by atoms with Crippen molar-refractivity contribution in [2.45, 2.75) is 49.8 Å². The molecule has 2 nitrogen and oxygen atoms in total. The van der Waals surface area contributed by atoms with Gasteiger partial charge in [-0.15, -0.1) is 0 Å². The number of halogens is 5. The summed E-state index contributed by atoms with van der Waals surface area (Å²) in [5.74, 6) is -7.92. The molecule has 94 valence electrons. The topological polar surface area (TPSA) is 37.3 Å². The average molecular weight is 246 g/mol. The van der Waals surface area contributed by atoms with Gasteiger partial charge in [-0.2, -0.15) is 22.0 Å². The number of Topliss-reactive ketones (excluding diaryl/α,β-unsaturated/α-hetero) is 1. The van der Waals surface area contributed by atoms with Gasteiger partial charge in [-0.3, -0.25) is 4.79 Å². The maximum Gasteiger partial charge on any atom is 0.456 e. The van der Waals surface area contributed by atoms with Crippen molar-refractivity contribution in [3.8, 4) is 0 Å². The van der Waals surface area contributed by atoms with E-state index in [4.69, 9.17) is 0 Å². The fourth-order valence-corrected chi connectivity index (χ4v) is 1.84. The van der Waals surface area contributed by atoms with Crippen LogP contribution in [0.2, 0.25) is 0 Å². The normalized spacial score (nSPS) is 21.9. The number of hydrogen-bond donors (Lipinski definition) is 1. The molecule has 1 N–H and O–H groups in total. The first kappa shape index (κ1) is 13.3. The monoisotopic (exact) mass is 246 g/mol. The SMILES string of the molecule is O=C(C(F)(F)F)C(F)(F)C1(O)CCCCC1. The van der Waals surface area contributed by atoms with Gasteiger partial charge in [0, 0.05) is 0 Å². The number of carbonyl (C=O) groups is 1. The Morgan fingerprint density at radius 2 is 1.44 bits per heavy atom. The van der Waals surface area contributed by atoms with Crippen LogP contribution in [-0.2, 0) is 4.79 Å². The van der Waals surface area contributed by atoms with E-state index in [0.717, 1.165) is 0 Å². The highest BCUT2D eigenvalue weighted by molar-refractivity contribution is 5.91. The summed E-state index contributed by atoms with van der Waals surface area (Å²) in [6, 6.07) is 0. The van der Waals surface area contributed by atoms with Gasteiger partial charge >= 0.3 is 17.9 Å². The zero-order valence-electron chi connectivity index (χ0n) is 8.28. The molecule has 1 saturated carbocycles. The first-order chi connectivity index (χ1) is 7.11. The lowest BCUT2D eigenvalue weighted by Crippen LogP contribution is -2.57. The lowest BCUT2D eigenvalue weighted by molar-refractivity contribution is -0.232. The molecule has 0 bridgehead atoms. The lowest BCUT2D eigenvalue weighted by atomic mass is 9.78. The van der Waals surface area contributed by atoms with Crippen LogP contribution in [-0.4, -0.2) is 28.6 Å². The molecule has 1 aliphatic rings. The van der Waals surface area contributed by atoms with Gasteiger partial charge in [-0.25, -0.2) is 0 Å². The Kier molecular flexibility index (Phi) is 3.29. The van der Waals surface area contributed by atoms with E-state index in [-0.39, 0.29) is 12.8 Å². The standard InChI is InChI=1S/C9H11F5O2/c10-8(11,6(15)9(12,13)14)7(16)4-2-1-3-5-7/h16H,1-5H2. The summed E-state index contributed by atoms with van der Waals surface area (Å²) < 4.78 is 62.3. The Morgan fingerprint density at radius 3 is 1.81 bits per heavy atom. The van der Waals surface area contributed by atoms with Crippen molar-refractivity contribution in [1.82, 2.24) is 0 Å². The number of rotatable bonds is 2. The van der Waals surface area contributed by atoms with E-state index in [1.165, 1.54) is 0 Å². The van der Waals surface area contributed by atoms with Gasteiger partial charge in [-0.1, -0.05) is 19.3 Å². The van der Waals surface area contributed by atoms with Gasteiger partial charge in [0.1, 0.15) is 5.60 Å². The van der Waals surface area contributed by atoms with E-state index in [0.29, 0.717) is 6.42 Å². The molecule has 0 spiro atoms. The molecule has 0 aromatic rings. The van der Waals surface area contributed by atoms with E-state index in [9.17, 15) is 31.9 Å². The molecule has 0 amide bonds. The zero-order valence-corrected chi connectivity index (χ0v) is 8.28. The summed E-state index contributed by atoms with van der Waals surface area (Å²) in [4.78, 5) is 10.6. The van der Waals surface area contributed by atoms with Crippen LogP contribution in [0.1, 0.15) is 32.1 Å². The molecule has 0 atom stereocenters. The Morgan fingerprint density at radius 1 is 1.00 bits per heavy atom. The van der Waals surface area contributed by atoms with Crippen molar-refractivity contribution < 1.29 is 31.9 Å². The average Bonchev–Trinajstić information content (AvgIpc) is 2.16. The number of carbonyl (C=O) groups excluding carboxylic acids is 1. The summed E-state index contributed by atoms with van der Waals surface area (Å²) >= 11 is 0. The second-order valence-electron chi connectivity index (χ2n) is 3.99. The molecule has 1 aliphatic carbocycles. The number of ketones is 1. The molecule has 0 aromatic carbocycles. The maximum absolute atomic E-state index is 13.3. The Bertz CT molecular complexity index is 278. The van der Waals surface area contributed by atoms with Crippen LogP contribution in [0.4, 0.5) is 22.0 Å². The highest BCUT2D eigenvalue weighted by Crippen LogP contribution is 2.43. The first-order valence-electron chi connectivity index (χ1n) is 4.83. The molecule has 1 fully saturated rings. The van der Waals surface area contributed by atoms with Crippen LogP contribution in [0.25, 0.3) is 0 Å². The summed E-state index contributed by atoms with van der Waals surface area (Å²) in [5.41, 5.74) is -2.85. The molecule has 0 saturated heterocycles. The molecular formula is C9H11F5O2. The van der Waals surface area contributed by atoms with Crippen LogP contribution in [0.15, 0.2) is 0 Å². The van der Waals surface area contributed by atoms with Crippen molar-refractivity contribution in [2.24, 2.45) is 0 Å². The third-order valence-corrected chi connectivity index (χ3v) is 2.81. The maximum atomic E-state index is 13.3. The van der Waals surface area contributed by atoms with Crippen LogP contribution in [0.5, 0.6) is 0 Å². The van der Waals surface area contributed by atoms with E-state index >= 15 is 0 Å². The van der Waals surface area contributed by atoms with E-state index < -0.39 is 36.3 Å². The van der Waals surface area contributed by atoms with Crippen molar-refractivity contribution in [1.29, 1.82) is 0 Å². The highest BCUT2D eigenvalue weighted by Gasteiger charge is 2.65. The Hall–Kier alpha value is -0.720. The van der Waals surface area contributed by atoms with Crippen LogP contribution in [0.3, 0.4) is 0 Å². The molecule has 0 heterocycles. The number of aliphatic hydroxyl groups is 1. The minimum Gasteiger partial charge on any atom is -0.383 e. The summed E-state index contributed by atoms with van der Waals surface area (Å²) in [5, 5.41) is 9.46. The molecule has 0 aromatic heterocycles. The quantitative estimate of drug-likeness (QED) is 0.760. The smallest absolute Gasteiger partial charge is 0.383 e. The van der Waals surface area contributed by atoms with Gasteiger partial charge in [0.15, 0.2) is 0 Å². The van der Waals surface area contributed by atoms with Crippen molar-refractivity contribution in [3.63, 3.8) is 0 Å². The van der Waals surface area contributed by atoms with Crippen LogP contribution in [0, 0.1) is 0 Å². The second kappa shape index (κ2) is 3.94. The number of hydrogen-bond acceptors (Lipinski definition) is 2. The van der Waals surface area contributed by atoms with Gasteiger partial charge in [0.05, 0.1) is 0 Å². The summed E-state index contributed by atoms with van der Waals surface area (Å²) in [7, 11) is 0. The van der Waals surface area contributed by atoms with Gasteiger partial charge < -0.3 is 5.11 Å². The van der Waals surface area contributed by atoms with Gasteiger partial charge in [-0.05, 0) is 12.8 Å². The molecule has 0 aliphatic heterocycles. The van der Waals surface area contributed by atoms with Crippen molar-refractivity contribution in [2.75, 3.05) is 0 Å². The molecular weight excluding hydrogens is 235 g/mol. The van der Waals surface area contributed by atoms with Crippen LogP contribution < -0.4 is 0 Å². The minimum atomic E-state index is -5.63. The van der Waals surface area contributed by atoms with Crippen LogP contribution >= 0.6 is 0 Å². The minimum absolute atomic E-state index is 0.192. The fraction of sp³-hybridized carbons (Fsp3) is 0.889. The molecule has 16 heavy (non-hydrogen) atoms. The Labute approximate surface area is 88.4 Å². The number of alkyl halides is 5. The molecule has 0 unspecified atom stereocenters. The predicted molar refractivity (Wildman–Crippen MR) is 44.0 cm³/mol. The molecule has 1 rings (SSSR count). The van der Waals surface area contributed by atoms with E-state index in [1.807, 2.05) is 0 Å². The largest absolute Gasteiger partial charge is 0.456 e. The van der Waals surface area contributed by atoms with Crippen molar-refractivity contribution >= 4 is 5.78 Å². The van der Waals surface area contributed by atoms with E-state index in [2.05, 4.69) is 0 Å². The zero-order chi connectivity index (χ0) is 12.6. The fourth-order valence-electron chi connectivity index (χ4n) is 1.84. The van der Waals surface area contributed by atoms with E-state index in [1.54, 1.807) is 0 Å². The van der Waals surface area contributed by atoms with Gasteiger partial charge in [0.25, 0.3) is 0 Å². The van der Waals surface area contributed by atoms with Gasteiger partial charge in [0.2, 0.25) is 0 Å². The third-order valence-electron chi connectivity index (χ3n) is 2.81. The Balaban J connectivity index is 2.95. The predicted octanol–water partition coefficient (Wildman–Crippen LogP) is 2.45. The summed E-state index contributed by atoms with van der Waals surface area (Å²) in [6.45, 7) is 0. The van der Waals surface area contributed by atoms with Crippen molar-refractivity contribution in [3.05, 3.63) is 0 Å². The second-order valence-corrected chi connectivity index (χ2v) is 3.99. The third kappa shape index (κ3) is 2.18. The first-order valence-corrected chi connectivity index (χ1v) is 4.83. The highest BCUT2D eigenvalue weighted by atomic mass is 19.4. The molecule has 0 radical (unpaired) electrons.